The molecule has 0 aromatic heterocycles. The van der Waals surface area contributed by atoms with Crippen LogP contribution >= 0.6 is 0 Å². The summed E-state index contributed by atoms with van der Waals surface area (Å²) in [4.78, 5) is 10.3. The summed E-state index contributed by atoms with van der Waals surface area (Å²) in [6.45, 7) is 0. The number of hydrogen-bond donors (Lipinski definition) is 2. The van der Waals surface area contributed by atoms with E-state index in [2.05, 4.69) is 0 Å². The summed E-state index contributed by atoms with van der Waals surface area (Å²) in [5.41, 5.74) is 5.80. The average molecular weight is 185 g/mol. The fraction of sp³-hybridized carbons (Fsp3) is 0. The van der Waals surface area contributed by atoms with Crippen LogP contribution in [-0.2, 0) is 0 Å². The van der Waals surface area contributed by atoms with Gasteiger partial charge in [-0.25, -0.2) is 4.79 Å². The molecule has 5 heteroatoms. The normalized spacial score (nSPS) is 7.67. The number of carbonyl (C=O) groups is 1. The van der Waals surface area contributed by atoms with Crippen LogP contribution in [-0.4, -0.2) is 11.1 Å². The maximum absolute atomic E-state index is 10.3. The molecule has 0 saturated carbocycles. The van der Waals surface area contributed by atoms with Crippen LogP contribution in [0.2, 0.25) is 0 Å². The molecule has 1 aromatic carbocycles. The minimum atomic E-state index is -0.988. The molecule has 0 saturated heterocycles. The molecule has 0 unspecified atom stereocenters. The molecular weight excluding hydrogens is 176 g/mol. The molecule has 0 aliphatic heterocycles. The zero-order valence-electron chi connectivity index (χ0n) is 9.24. The molecule has 0 aliphatic carbocycles. The Labute approximate surface area is 118 Å². The number of hydrogen-bond acceptors (Lipinski definition) is 2. The standard InChI is InChI=1S/C7H7NO2.2Na.2H/c8-6-4-2-1-3-5(6)7(9)10;;;;/h1-4H,8H2,(H,9,10);;;;/q;2*+1;2*-1. The molecule has 0 fully saturated rings. The number of anilines is 1. The first-order chi connectivity index (χ1) is 4.72. The second-order valence-corrected chi connectivity index (χ2v) is 1.89. The quantitative estimate of drug-likeness (QED) is 0.341. The van der Waals surface area contributed by atoms with E-state index in [1.807, 2.05) is 0 Å². The van der Waals surface area contributed by atoms with Crippen LogP contribution in [0.3, 0.4) is 0 Å². The second-order valence-electron chi connectivity index (χ2n) is 1.89. The molecule has 0 bridgehead atoms. The molecule has 1 rings (SSSR count). The van der Waals surface area contributed by atoms with E-state index in [-0.39, 0.29) is 67.5 Å². The van der Waals surface area contributed by atoms with E-state index in [1.54, 1.807) is 18.2 Å². The fourth-order valence-corrected chi connectivity index (χ4v) is 0.692. The summed E-state index contributed by atoms with van der Waals surface area (Å²) in [5.74, 6) is -0.988. The van der Waals surface area contributed by atoms with Crippen LogP contribution in [0.15, 0.2) is 24.3 Å². The van der Waals surface area contributed by atoms with E-state index in [1.165, 1.54) is 6.07 Å². The molecule has 3 N–H and O–H groups in total. The summed E-state index contributed by atoms with van der Waals surface area (Å²) in [5, 5.41) is 8.49. The number of nitrogen functional groups attached to an aromatic ring is 1. The minimum absolute atomic E-state index is 0. The van der Waals surface area contributed by atoms with Crippen molar-refractivity contribution in [1.82, 2.24) is 0 Å². The molecule has 0 aliphatic rings. The summed E-state index contributed by atoms with van der Waals surface area (Å²) in [6.07, 6.45) is 0. The van der Waals surface area contributed by atoms with Gasteiger partial charge in [-0.1, -0.05) is 12.1 Å². The molecule has 12 heavy (non-hydrogen) atoms. The van der Waals surface area contributed by atoms with Gasteiger partial charge in [-0.05, 0) is 12.1 Å². The predicted molar refractivity (Wildman–Crippen MR) is 40.0 cm³/mol. The number of para-hydroxylation sites is 1. The Morgan fingerprint density at radius 2 is 1.83 bits per heavy atom. The van der Waals surface area contributed by atoms with Gasteiger partial charge in [0.1, 0.15) is 0 Å². The van der Waals surface area contributed by atoms with Gasteiger partial charge in [-0.2, -0.15) is 0 Å². The van der Waals surface area contributed by atoms with Crippen LogP contribution in [0.1, 0.15) is 13.2 Å². The van der Waals surface area contributed by atoms with Gasteiger partial charge < -0.3 is 13.7 Å². The fourth-order valence-electron chi connectivity index (χ4n) is 0.692. The van der Waals surface area contributed by atoms with Gasteiger partial charge in [-0.15, -0.1) is 0 Å². The maximum Gasteiger partial charge on any atom is 1.00 e. The van der Waals surface area contributed by atoms with Crippen LogP contribution in [0.5, 0.6) is 0 Å². The molecule has 56 valence electrons. The number of benzene rings is 1. The number of carboxylic acids is 1. The Hall–Kier alpha value is 0.490. The molecule has 0 atom stereocenters. The third-order valence-electron chi connectivity index (χ3n) is 1.19. The first-order valence-corrected chi connectivity index (χ1v) is 2.79. The van der Waals surface area contributed by atoms with Crippen molar-refractivity contribution in [3.05, 3.63) is 29.8 Å². The summed E-state index contributed by atoms with van der Waals surface area (Å²) >= 11 is 0. The Balaban J connectivity index is -0.000000125. The van der Waals surface area contributed by atoms with Gasteiger partial charge in [0.2, 0.25) is 0 Å². The van der Waals surface area contributed by atoms with Crippen molar-refractivity contribution in [2.75, 3.05) is 5.73 Å². The van der Waals surface area contributed by atoms with Gasteiger partial charge in [0.05, 0.1) is 5.56 Å². The number of aromatic carboxylic acids is 1. The smallest absolute Gasteiger partial charge is 1.00 e. The minimum Gasteiger partial charge on any atom is -1.00 e. The zero-order valence-corrected chi connectivity index (χ0v) is 11.2. The Morgan fingerprint density at radius 1 is 1.33 bits per heavy atom. The van der Waals surface area contributed by atoms with Crippen molar-refractivity contribution >= 4 is 11.7 Å². The van der Waals surface area contributed by atoms with Gasteiger partial charge in [0.25, 0.3) is 0 Å². The van der Waals surface area contributed by atoms with Crippen molar-refractivity contribution in [3.63, 3.8) is 0 Å². The number of rotatable bonds is 1. The molecule has 1 aromatic rings. The van der Waals surface area contributed by atoms with E-state index in [9.17, 15) is 4.79 Å². The van der Waals surface area contributed by atoms with E-state index >= 15 is 0 Å². The molecule has 3 nitrogen and oxygen atoms in total. The van der Waals surface area contributed by atoms with E-state index in [4.69, 9.17) is 10.8 Å². The number of nitrogens with two attached hydrogens (primary N) is 1. The summed E-state index contributed by atoms with van der Waals surface area (Å²) in [6, 6.07) is 6.36. The van der Waals surface area contributed by atoms with Gasteiger partial charge in [0.15, 0.2) is 0 Å². The van der Waals surface area contributed by atoms with Crippen molar-refractivity contribution < 1.29 is 71.9 Å². The van der Waals surface area contributed by atoms with Crippen LogP contribution in [0.25, 0.3) is 0 Å². The molecular formula is C7H9NNa2O2. The van der Waals surface area contributed by atoms with Crippen molar-refractivity contribution in [1.29, 1.82) is 0 Å². The molecule has 0 radical (unpaired) electrons. The molecule has 0 heterocycles. The van der Waals surface area contributed by atoms with E-state index < -0.39 is 5.97 Å². The average Bonchev–Trinajstić information content (AvgIpc) is 1.88. The first kappa shape index (κ1) is 15.0. The van der Waals surface area contributed by atoms with Crippen LogP contribution < -0.4 is 64.8 Å². The summed E-state index contributed by atoms with van der Waals surface area (Å²) < 4.78 is 0. The van der Waals surface area contributed by atoms with Gasteiger partial charge in [-0.3, -0.25) is 0 Å². The maximum atomic E-state index is 10.3. The van der Waals surface area contributed by atoms with Gasteiger partial charge in [0, 0.05) is 5.69 Å². The Morgan fingerprint density at radius 3 is 2.17 bits per heavy atom. The van der Waals surface area contributed by atoms with Crippen molar-refractivity contribution in [2.24, 2.45) is 0 Å². The second kappa shape index (κ2) is 6.95. The van der Waals surface area contributed by atoms with Gasteiger partial charge >= 0.3 is 65.1 Å². The van der Waals surface area contributed by atoms with Crippen molar-refractivity contribution in [2.45, 2.75) is 0 Å². The Bertz CT molecular complexity index is 274. The van der Waals surface area contributed by atoms with E-state index in [0.29, 0.717) is 5.69 Å². The summed E-state index contributed by atoms with van der Waals surface area (Å²) in [7, 11) is 0. The van der Waals surface area contributed by atoms with Crippen LogP contribution in [0.4, 0.5) is 5.69 Å². The predicted octanol–water partition coefficient (Wildman–Crippen LogP) is -4.80. The van der Waals surface area contributed by atoms with Crippen molar-refractivity contribution in [3.8, 4) is 0 Å². The van der Waals surface area contributed by atoms with E-state index in [0.717, 1.165) is 0 Å². The first-order valence-electron chi connectivity index (χ1n) is 2.79. The molecule has 0 spiro atoms. The third-order valence-corrected chi connectivity index (χ3v) is 1.19. The SMILES string of the molecule is Nc1ccccc1C(=O)O.[H-].[H-].[Na+].[Na+]. The number of carboxylic acid groups (broad SMARTS) is 1. The Kier molecular flexibility index (Phi) is 8.68. The third kappa shape index (κ3) is 3.94. The largest absolute Gasteiger partial charge is 1.00 e. The molecule has 0 amide bonds. The topological polar surface area (TPSA) is 63.3 Å². The monoisotopic (exact) mass is 185 g/mol. The zero-order chi connectivity index (χ0) is 7.56. The van der Waals surface area contributed by atoms with Crippen LogP contribution in [0, 0.1) is 0 Å².